The molecular formula is C10H19NO2. The number of carboxylic acid groups (broad SMARTS) is 1. The number of aliphatic carboxylic acids is 1. The van der Waals surface area contributed by atoms with E-state index in [2.05, 4.69) is 18.7 Å². The number of hydrogen-bond donors (Lipinski definition) is 1. The number of hydrogen-bond acceptors (Lipinski definition) is 2. The van der Waals surface area contributed by atoms with Crippen molar-refractivity contribution in [1.29, 1.82) is 0 Å². The Morgan fingerprint density at radius 2 is 2.23 bits per heavy atom. The van der Waals surface area contributed by atoms with Gasteiger partial charge in [0.1, 0.15) is 0 Å². The van der Waals surface area contributed by atoms with Gasteiger partial charge in [0, 0.05) is 13.1 Å². The molecule has 1 saturated heterocycles. The van der Waals surface area contributed by atoms with Gasteiger partial charge in [-0.25, -0.2) is 0 Å². The molecule has 3 heteroatoms. The zero-order valence-electron chi connectivity index (χ0n) is 8.71. The summed E-state index contributed by atoms with van der Waals surface area (Å²) in [6.07, 6.45) is 0.787. The predicted molar refractivity (Wildman–Crippen MR) is 51.6 cm³/mol. The molecule has 1 fully saturated rings. The van der Waals surface area contributed by atoms with E-state index in [-0.39, 0.29) is 0 Å². The largest absolute Gasteiger partial charge is 0.481 e. The molecule has 1 aliphatic heterocycles. The van der Waals surface area contributed by atoms with Gasteiger partial charge >= 0.3 is 5.97 Å². The molecule has 0 radical (unpaired) electrons. The van der Waals surface area contributed by atoms with Gasteiger partial charge in [-0.1, -0.05) is 13.8 Å². The van der Waals surface area contributed by atoms with Crippen LogP contribution in [0.2, 0.25) is 0 Å². The lowest BCUT2D eigenvalue weighted by Crippen LogP contribution is -2.33. The molecule has 0 aromatic heterocycles. The molecule has 0 aromatic rings. The van der Waals surface area contributed by atoms with E-state index in [0.717, 1.165) is 19.5 Å². The molecule has 1 atom stereocenters. The molecule has 0 aliphatic carbocycles. The third-order valence-corrected chi connectivity index (χ3v) is 2.69. The van der Waals surface area contributed by atoms with Crippen LogP contribution in [0.5, 0.6) is 0 Å². The van der Waals surface area contributed by atoms with Crippen LogP contribution in [0.1, 0.15) is 27.2 Å². The van der Waals surface area contributed by atoms with Gasteiger partial charge in [-0.05, 0) is 25.8 Å². The van der Waals surface area contributed by atoms with Gasteiger partial charge in [-0.2, -0.15) is 0 Å². The first kappa shape index (κ1) is 10.5. The van der Waals surface area contributed by atoms with E-state index in [4.69, 9.17) is 5.11 Å². The molecule has 76 valence electrons. The van der Waals surface area contributed by atoms with E-state index >= 15 is 0 Å². The summed E-state index contributed by atoms with van der Waals surface area (Å²) in [5, 5.41) is 9.00. The summed E-state index contributed by atoms with van der Waals surface area (Å²) in [5.41, 5.74) is -0.505. The summed E-state index contributed by atoms with van der Waals surface area (Å²) in [6, 6.07) is 0. The van der Waals surface area contributed by atoms with Crippen molar-refractivity contribution < 1.29 is 9.90 Å². The maximum Gasteiger partial charge on any atom is 0.310 e. The molecule has 0 saturated carbocycles. The van der Waals surface area contributed by atoms with Crippen molar-refractivity contribution in [2.24, 2.45) is 11.3 Å². The Morgan fingerprint density at radius 3 is 2.62 bits per heavy atom. The smallest absolute Gasteiger partial charge is 0.310 e. The minimum Gasteiger partial charge on any atom is -0.481 e. The SMILES string of the molecule is CC(C)CN1CCC(C)(C(=O)O)C1. The zero-order valence-corrected chi connectivity index (χ0v) is 8.71. The summed E-state index contributed by atoms with van der Waals surface area (Å²) in [6.45, 7) is 8.83. The van der Waals surface area contributed by atoms with E-state index in [1.807, 2.05) is 6.92 Å². The van der Waals surface area contributed by atoms with Gasteiger partial charge in [0.05, 0.1) is 5.41 Å². The van der Waals surface area contributed by atoms with Gasteiger partial charge in [-0.15, -0.1) is 0 Å². The Hall–Kier alpha value is -0.570. The van der Waals surface area contributed by atoms with Crippen molar-refractivity contribution in [1.82, 2.24) is 4.90 Å². The lowest BCUT2D eigenvalue weighted by Gasteiger charge is -2.21. The standard InChI is InChI=1S/C10H19NO2/c1-8(2)6-11-5-4-10(3,7-11)9(12)13/h8H,4-7H2,1-3H3,(H,12,13). The first-order valence-corrected chi connectivity index (χ1v) is 4.90. The Bertz CT molecular complexity index is 203. The molecule has 1 heterocycles. The van der Waals surface area contributed by atoms with Crippen LogP contribution in [-0.2, 0) is 4.79 Å². The number of rotatable bonds is 3. The summed E-state index contributed by atoms with van der Waals surface area (Å²) in [7, 11) is 0. The van der Waals surface area contributed by atoms with Crippen LogP contribution >= 0.6 is 0 Å². The maximum atomic E-state index is 10.9. The number of nitrogens with zero attached hydrogens (tertiary/aromatic N) is 1. The zero-order chi connectivity index (χ0) is 10.1. The number of likely N-dealkylation sites (tertiary alicyclic amines) is 1. The van der Waals surface area contributed by atoms with Crippen molar-refractivity contribution >= 4 is 5.97 Å². The van der Waals surface area contributed by atoms with Crippen molar-refractivity contribution in [3.63, 3.8) is 0 Å². The van der Waals surface area contributed by atoms with E-state index < -0.39 is 11.4 Å². The molecule has 1 rings (SSSR count). The van der Waals surface area contributed by atoms with Gasteiger partial charge in [0.15, 0.2) is 0 Å². The highest BCUT2D eigenvalue weighted by atomic mass is 16.4. The summed E-state index contributed by atoms with van der Waals surface area (Å²) >= 11 is 0. The molecule has 1 aliphatic rings. The van der Waals surface area contributed by atoms with Gasteiger partial charge in [-0.3, -0.25) is 4.79 Å². The number of carbonyl (C=O) groups is 1. The molecule has 1 N–H and O–H groups in total. The third kappa shape index (κ3) is 2.44. The molecule has 13 heavy (non-hydrogen) atoms. The Morgan fingerprint density at radius 1 is 1.62 bits per heavy atom. The van der Waals surface area contributed by atoms with E-state index in [0.29, 0.717) is 12.5 Å². The van der Waals surface area contributed by atoms with Crippen LogP contribution < -0.4 is 0 Å². The Labute approximate surface area is 79.7 Å². The predicted octanol–water partition coefficient (Wildman–Crippen LogP) is 1.44. The van der Waals surface area contributed by atoms with E-state index in [1.54, 1.807) is 0 Å². The Balaban J connectivity index is 2.48. The van der Waals surface area contributed by atoms with Crippen molar-refractivity contribution in [3.05, 3.63) is 0 Å². The second-order valence-corrected chi connectivity index (χ2v) is 4.74. The first-order chi connectivity index (χ1) is 5.94. The fourth-order valence-electron chi connectivity index (χ4n) is 1.90. The topological polar surface area (TPSA) is 40.5 Å². The van der Waals surface area contributed by atoms with E-state index in [9.17, 15) is 4.79 Å². The quantitative estimate of drug-likeness (QED) is 0.723. The summed E-state index contributed by atoms with van der Waals surface area (Å²) in [4.78, 5) is 13.2. The van der Waals surface area contributed by atoms with Crippen molar-refractivity contribution in [2.75, 3.05) is 19.6 Å². The van der Waals surface area contributed by atoms with Crippen molar-refractivity contribution in [3.8, 4) is 0 Å². The van der Waals surface area contributed by atoms with Crippen LogP contribution in [-0.4, -0.2) is 35.6 Å². The fraction of sp³-hybridized carbons (Fsp3) is 0.900. The van der Waals surface area contributed by atoms with E-state index in [1.165, 1.54) is 0 Å². The third-order valence-electron chi connectivity index (χ3n) is 2.69. The van der Waals surface area contributed by atoms with Crippen LogP contribution in [0, 0.1) is 11.3 Å². The van der Waals surface area contributed by atoms with Gasteiger partial charge in [0.25, 0.3) is 0 Å². The molecule has 3 nitrogen and oxygen atoms in total. The normalized spacial score (nSPS) is 29.8. The lowest BCUT2D eigenvalue weighted by molar-refractivity contribution is -0.147. The fourth-order valence-corrected chi connectivity index (χ4v) is 1.90. The lowest BCUT2D eigenvalue weighted by atomic mass is 9.90. The monoisotopic (exact) mass is 185 g/mol. The number of carboxylic acids is 1. The highest BCUT2D eigenvalue weighted by Crippen LogP contribution is 2.30. The van der Waals surface area contributed by atoms with Gasteiger partial charge in [0.2, 0.25) is 0 Å². The van der Waals surface area contributed by atoms with Crippen LogP contribution in [0.25, 0.3) is 0 Å². The average molecular weight is 185 g/mol. The first-order valence-electron chi connectivity index (χ1n) is 4.90. The average Bonchev–Trinajstić information content (AvgIpc) is 2.32. The van der Waals surface area contributed by atoms with Crippen LogP contribution in [0.3, 0.4) is 0 Å². The van der Waals surface area contributed by atoms with Crippen molar-refractivity contribution in [2.45, 2.75) is 27.2 Å². The minimum atomic E-state index is -0.654. The maximum absolute atomic E-state index is 10.9. The Kier molecular flexibility index (Phi) is 2.96. The molecule has 0 spiro atoms. The van der Waals surface area contributed by atoms with Crippen LogP contribution in [0.4, 0.5) is 0 Å². The highest BCUT2D eigenvalue weighted by Gasteiger charge is 2.40. The molecule has 0 bridgehead atoms. The molecule has 0 amide bonds. The second-order valence-electron chi connectivity index (χ2n) is 4.74. The second kappa shape index (κ2) is 3.66. The molecule has 1 unspecified atom stereocenters. The summed E-state index contributed by atoms with van der Waals surface area (Å²) in [5.74, 6) is -0.0325. The molecule has 0 aromatic carbocycles. The minimum absolute atomic E-state index is 0.505. The van der Waals surface area contributed by atoms with Crippen LogP contribution in [0.15, 0.2) is 0 Å². The van der Waals surface area contributed by atoms with Gasteiger partial charge < -0.3 is 10.0 Å². The summed E-state index contributed by atoms with van der Waals surface area (Å²) < 4.78 is 0. The molecular weight excluding hydrogens is 166 g/mol. The highest BCUT2D eigenvalue weighted by molar-refractivity contribution is 5.74.